The van der Waals surface area contributed by atoms with Crippen LogP contribution in [0.1, 0.15) is 17.3 Å². The second kappa shape index (κ2) is 8.93. The largest absolute Gasteiger partial charge is 0.494 e. The lowest BCUT2D eigenvalue weighted by Gasteiger charge is -2.09. The van der Waals surface area contributed by atoms with E-state index in [0.29, 0.717) is 17.3 Å². The average molecular weight is 472 g/mol. The highest BCUT2D eigenvalue weighted by Crippen LogP contribution is 2.29. The molecule has 3 aromatic carbocycles. The zero-order chi connectivity index (χ0) is 22.7. The molecule has 0 atom stereocenters. The van der Waals surface area contributed by atoms with Crippen LogP contribution in [-0.4, -0.2) is 25.9 Å². The first-order chi connectivity index (χ1) is 15.3. The van der Waals surface area contributed by atoms with Gasteiger partial charge in [-0.25, -0.2) is 17.8 Å². The lowest BCUT2D eigenvalue weighted by molar-refractivity contribution is 0.102. The van der Waals surface area contributed by atoms with Crippen LogP contribution in [0.3, 0.4) is 0 Å². The fourth-order valence-electron chi connectivity index (χ4n) is 2.90. The van der Waals surface area contributed by atoms with Crippen molar-refractivity contribution in [2.24, 2.45) is 0 Å². The summed E-state index contributed by atoms with van der Waals surface area (Å²) in [4.78, 5) is 16.9. The third-order valence-electron chi connectivity index (χ3n) is 4.41. The van der Waals surface area contributed by atoms with Crippen LogP contribution in [0, 0.1) is 5.82 Å². The number of aromatic nitrogens is 1. The lowest BCUT2D eigenvalue weighted by atomic mass is 10.2. The quantitative estimate of drug-likeness (QED) is 0.400. The highest BCUT2D eigenvalue weighted by Gasteiger charge is 2.15. The first kappa shape index (κ1) is 21.7. The van der Waals surface area contributed by atoms with Crippen LogP contribution in [0.2, 0.25) is 0 Å². The molecule has 32 heavy (non-hydrogen) atoms. The number of carbonyl (C=O) groups is 1. The average Bonchev–Trinajstić information content (AvgIpc) is 3.16. The van der Waals surface area contributed by atoms with Crippen LogP contribution in [-0.2, 0) is 10.0 Å². The number of nitrogens with zero attached hydrogens (tertiary/aromatic N) is 1. The van der Waals surface area contributed by atoms with Gasteiger partial charge in [-0.2, -0.15) is 0 Å². The first-order valence-corrected chi connectivity index (χ1v) is 11.9. The van der Waals surface area contributed by atoms with Gasteiger partial charge in [-0.3, -0.25) is 14.8 Å². The van der Waals surface area contributed by atoms with E-state index >= 15 is 0 Å². The van der Waals surface area contributed by atoms with Gasteiger partial charge in [-0.05, 0) is 73.7 Å². The molecule has 4 rings (SSSR count). The maximum Gasteiger partial charge on any atom is 0.261 e. The number of fused-ring (bicyclic) bond motifs is 1. The Morgan fingerprint density at radius 3 is 2.47 bits per heavy atom. The molecular formula is C22H18FN3O4S2. The summed E-state index contributed by atoms with van der Waals surface area (Å²) in [6, 6.07) is 16.0. The van der Waals surface area contributed by atoms with Crippen LogP contribution in [0.5, 0.6) is 5.75 Å². The number of hydrogen-bond acceptors (Lipinski definition) is 6. The van der Waals surface area contributed by atoms with E-state index < -0.39 is 15.8 Å². The number of halogens is 1. The summed E-state index contributed by atoms with van der Waals surface area (Å²) >= 11 is 1.33. The number of sulfonamides is 1. The molecule has 2 N–H and O–H groups in total. The van der Waals surface area contributed by atoms with Gasteiger partial charge in [-0.1, -0.05) is 11.3 Å². The molecule has 164 valence electrons. The smallest absolute Gasteiger partial charge is 0.261 e. The van der Waals surface area contributed by atoms with Crippen LogP contribution in [0.25, 0.3) is 10.2 Å². The Hall–Kier alpha value is -3.50. The Bertz CT molecular complexity index is 1370. The number of benzene rings is 3. The predicted octanol–water partition coefficient (Wildman–Crippen LogP) is 4.89. The number of amides is 1. The van der Waals surface area contributed by atoms with Gasteiger partial charge in [-0.15, -0.1) is 0 Å². The molecule has 7 nitrogen and oxygen atoms in total. The molecule has 0 aliphatic heterocycles. The van der Waals surface area contributed by atoms with Crippen molar-refractivity contribution in [2.75, 3.05) is 16.6 Å². The predicted molar refractivity (Wildman–Crippen MR) is 122 cm³/mol. The fraction of sp³-hybridized carbons (Fsp3) is 0.0909. The summed E-state index contributed by atoms with van der Waals surface area (Å²) in [6.07, 6.45) is 0. The van der Waals surface area contributed by atoms with Gasteiger partial charge in [0.25, 0.3) is 15.9 Å². The Morgan fingerprint density at radius 2 is 1.78 bits per heavy atom. The highest BCUT2D eigenvalue weighted by molar-refractivity contribution is 7.92. The number of carbonyl (C=O) groups excluding carboxylic acids is 1. The molecule has 4 aromatic rings. The standard InChI is InChI=1S/C22H18FN3O4S2/c1-2-30-17-9-12-19-20(13-17)31-22(24-19)25-21(27)14-3-7-16(8-4-14)26-32(28,29)18-10-5-15(23)6-11-18/h3-13,26H,2H2,1H3,(H,24,25,27). The van der Waals surface area contributed by atoms with Crippen LogP contribution in [0.15, 0.2) is 71.6 Å². The molecule has 1 amide bonds. The third-order valence-corrected chi connectivity index (χ3v) is 6.75. The van der Waals surface area contributed by atoms with Crippen molar-refractivity contribution < 1.29 is 22.3 Å². The maximum absolute atomic E-state index is 13.0. The lowest BCUT2D eigenvalue weighted by Crippen LogP contribution is -2.14. The van der Waals surface area contributed by atoms with Crippen molar-refractivity contribution in [3.05, 3.63) is 78.1 Å². The summed E-state index contributed by atoms with van der Waals surface area (Å²) in [5.74, 6) is -0.163. The van der Waals surface area contributed by atoms with Gasteiger partial charge in [0.2, 0.25) is 0 Å². The molecule has 0 fully saturated rings. The fourth-order valence-corrected chi connectivity index (χ4v) is 4.85. The van der Waals surface area contributed by atoms with E-state index in [4.69, 9.17) is 4.74 Å². The van der Waals surface area contributed by atoms with Crippen LogP contribution >= 0.6 is 11.3 Å². The molecule has 0 saturated heterocycles. The Balaban J connectivity index is 1.45. The summed E-state index contributed by atoms with van der Waals surface area (Å²) in [6.45, 7) is 2.46. The summed E-state index contributed by atoms with van der Waals surface area (Å²) in [5.41, 5.74) is 1.36. The van der Waals surface area contributed by atoms with Crippen LogP contribution in [0.4, 0.5) is 15.2 Å². The number of thiazole rings is 1. The van der Waals surface area contributed by atoms with E-state index in [9.17, 15) is 17.6 Å². The minimum Gasteiger partial charge on any atom is -0.494 e. The normalized spacial score (nSPS) is 11.3. The topological polar surface area (TPSA) is 97.4 Å². The van der Waals surface area contributed by atoms with Crippen molar-refractivity contribution in [1.29, 1.82) is 0 Å². The van der Waals surface area contributed by atoms with E-state index in [1.54, 1.807) is 0 Å². The van der Waals surface area contributed by atoms with E-state index in [1.807, 2.05) is 25.1 Å². The number of nitrogens with one attached hydrogen (secondary N) is 2. The molecule has 0 radical (unpaired) electrons. The molecule has 0 bridgehead atoms. The van der Waals surface area contributed by atoms with Gasteiger partial charge in [0.05, 0.1) is 21.7 Å². The SMILES string of the molecule is CCOc1ccc2nc(NC(=O)c3ccc(NS(=O)(=O)c4ccc(F)cc4)cc3)sc2c1. The van der Waals surface area contributed by atoms with Crippen molar-refractivity contribution >= 4 is 48.3 Å². The van der Waals surface area contributed by atoms with Crippen LogP contribution < -0.4 is 14.8 Å². The maximum atomic E-state index is 13.0. The minimum absolute atomic E-state index is 0.0657. The van der Waals surface area contributed by atoms with E-state index in [-0.39, 0.29) is 16.5 Å². The number of anilines is 2. The molecule has 1 heterocycles. The zero-order valence-electron chi connectivity index (χ0n) is 16.8. The highest BCUT2D eigenvalue weighted by atomic mass is 32.2. The Labute approximate surface area is 187 Å². The van der Waals surface area contributed by atoms with E-state index in [0.717, 1.165) is 28.1 Å². The summed E-state index contributed by atoms with van der Waals surface area (Å²) < 4.78 is 46.6. The van der Waals surface area contributed by atoms with Crippen molar-refractivity contribution in [1.82, 2.24) is 4.98 Å². The summed E-state index contributed by atoms with van der Waals surface area (Å²) in [5, 5.41) is 3.20. The van der Waals surface area contributed by atoms with Crippen molar-refractivity contribution in [3.63, 3.8) is 0 Å². The second-order valence-corrected chi connectivity index (χ2v) is 9.39. The van der Waals surface area contributed by atoms with Crippen molar-refractivity contribution in [2.45, 2.75) is 11.8 Å². The molecule has 10 heteroatoms. The van der Waals surface area contributed by atoms with Gasteiger partial charge >= 0.3 is 0 Å². The minimum atomic E-state index is -3.87. The number of ether oxygens (including phenoxy) is 1. The van der Waals surface area contributed by atoms with Gasteiger partial charge < -0.3 is 4.74 Å². The third kappa shape index (κ3) is 4.87. The molecule has 0 spiro atoms. The first-order valence-electron chi connectivity index (χ1n) is 9.57. The number of rotatable bonds is 7. The Morgan fingerprint density at radius 1 is 1.06 bits per heavy atom. The molecule has 0 aliphatic rings. The molecule has 0 aliphatic carbocycles. The van der Waals surface area contributed by atoms with Gasteiger partial charge in [0, 0.05) is 11.3 Å². The van der Waals surface area contributed by atoms with E-state index in [2.05, 4.69) is 15.0 Å². The molecule has 1 aromatic heterocycles. The van der Waals surface area contributed by atoms with E-state index in [1.165, 1.54) is 47.7 Å². The summed E-state index contributed by atoms with van der Waals surface area (Å²) in [7, 11) is -3.87. The second-order valence-electron chi connectivity index (χ2n) is 6.67. The monoisotopic (exact) mass is 471 g/mol. The van der Waals surface area contributed by atoms with Crippen molar-refractivity contribution in [3.8, 4) is 5.75 Å². The van der Waals surface area contributed by atoms with Gasteiger partial charge in [0.15, 0.2) is 5.13 Å². The number of hydrogen-bond donors (Lipinski definition) is 2. The molecular weight excluding hydrogens is 453 g/mol. The molecule has 0 saturated carbocycles. The zero-order valence-corrected chi connectivity index (χ0v) is 18.5. The Kier molecular flexibility index (Phi) is 6.06. The van der Waals surface area contributed by atoms with Gasteiger partial charge in [0.1, 0.15) is 11.6 Å². The molecule has 0 unspecified atom stereocenters.